The van der Waals surface area contributed by atoms with Gasteiger partial charge in [-0.3, -0.25) is 14.6 Å². The number of alkyl halides is 3. The van der Waals surface area contributed by atoms with Gasteiger partial charge in [0.15, 0.2) is 0 Å². The van der Waals surface area contributed by atoms with E-state index in [2.05, 4.69) is 21.6 Å². The lowest BCUT2D eigenvalue weighted by Gasteiger charge is -2.20. The fourth-order valence-corrected chi connectivity index (χ4v) is 3.05. The van der Waals surface area contributed by atoms with Crippen molar-refractivity contribution < 1.29 is 27.5 Å². The zero-order valence-electron chi connectivity index (χ0n) is 18.6. The van der Waals surface area contributed by atoms with E-state index in [1.54, 1.807) is 18.2 Å². The van der Waals surface area contributed by atoms with Crippen molar-refractivity contribution >= 4 is 17.4 Å². The zero-order chi connectivity index (χ0) is 24.6. The molecule has 8 heteroatoms. The van der Waals surface area contributed by atoms with E-state index in [0.29, 0.717) is 0 Å². The topological polar surface area (TPSA) is 68.3 Å². The van der Waals surface area contributed by atoms with Crippen LogP contribution in [0, 0.1) is 0 Å². The highest BCUT2D eigenvalue weighted by molar-refractivity contribution is 6.14. The quantitative estimate of drug-likeness (QED) is 0.225. The Hall–Kier alpha value is -3.68. The number of hydrogen-bond donors (Lipinski definition) is 1. The summed E-state index contributed by atoms with van der Waals surface area (Å²) in [5.74, 6) is -3.85. The van der Waals surface area contributed by atoms with Crippen molar-refractivity contribution in [1.82, 2.24) is 4.98 Å². The molecule has 1 unspecified atom stereocenters. The van der Waals surface area contributed by atoms with Crippen LogP contribution in [0.1, 0.15) is 41.4 Å². The van der Waals surface area contributed by atoms with Crippen LogP contribution >= 0.6 is 0 Å². The Morgan fingerprint density at radius 1 is 1.15 bits per heavy atom. The molecule has 1 aromatic carbocycles. The second kappa shape index (κ2) is 11.3. The minimum absolute atomic E-state index is 0.171. The van der Waals surface area contributed by atoms with Crippen molar-refractivity contribution in [2.24, 2.45) is 0 Å². The number of ether oxygens (including phenoxy) is 1. The van der Waals surface area contributed by atoms with Crippen LogP contribution in [-0.2, 0) is 15.7 Å². The molecule has 0 amide bonds. The van der Waals surface area contributed by atoms with Gasteiger partial charge in [0.25, 0.3) is 0 Å². The maximum Gasteiger partial charge on any atom is 0.416 e. The smallest absolute Gasteiger partial charge is 0.416 e. The summed E-state index contributed by atoms with van der Waals surface area (Å²) < 4.78 is 45.4. The van der Waals surface area contributed by atoms with Crippen LogP contribution in [0.15, 0.2) is 78.5 Å². The van der Waals surface area contributed by atoms with E-state index in [-0.39, 0.29) is 17.9 Å². The monoisotopic (exact) mass is 458 g/mol. The van der Waals surface area contributed by atoms with E-state index < -0.39 is 35.0 Å². The number of esters is 1. The number of anilines is 1. The van der Waals surface area contributed by atoms with E-state index in [9.17, 15) is 22.8 Å². The molecular weight excluding hydrogens is 433 g/mol. The Morgan fingerprint density at radius 2 is 1.85 bits per heavy atom. The maximum absolute atomic E-state index is 13.6. The molecule has 0 saturated heterocycles. The summed E-state index contributed by atoms with van der Waals surface area (Å²) in [7, 11) is 1.01. The number of pyridine rings is 1. The first-order valence-corrected chi connectivity index (χ1v) is 10.0. The minimum atomic E-state index is -4.76. The SMILES string of the molecule is C=CC(=CC=C(C)C)CNc1cccnc1C(=O)C(C(=O)OC)c1ccccc1C(F)(F)F. The van der Waals surface area contributed by atoms with E-state index in [1.807, 2.05) is 26.0 Å². The molecule has 0 fully saturated rings. The Labute approximate surface area is 190 Å². The number of rotatable bonds is 9. The molecule has 0 saturated carbocycles. The highest BCUT2D eigenvalue weighted by atomic mass is 19.4. The predicted octanol–water partition coefficient (Wildman–Crippen LogP) is 5.73. The Bertz CT molecular complexity index is 1080. The van der Waals surface area contributed by atoms with Crippen LogP contribution < -0.4 is 5.32 Å². The van der Waals surface area contributed by atoms with Gasteiger partial charge in [0.2, 0.25) is 5.78 Å². The molecular formula is C25H25F3N2O3. The number of carbonyl (C=O) groups is 2. The van der Waals surface area contributed by atoms with Crippen molar-refractivity contribution in [2.45, 2.75) is 25.9 Å². The van der Waals surface area contributed by atoms with Gasteiger partial charge in [0.05, 0.1) is 18.4 Å². The molecule has 2 rings (SSSR count). The Balaban J connectivity index is 2.49. The molecule has 1 aromatic heterocycles. The second-order valence-corrected chi connectivity index (χ2v) is 7.35. The van der Waals surface area contributed by atoms with Crippen molar-refractivity contribution in [3.05, 3.63) is 95.4 Å². The molecule has 0 aliphatic rings. The van der Waals surface area contributed by atoms with Gasteiger partial charge in [-0.2, -0.15) is 13.2 Å². The van der Waals surface area contributed by atoms with Gasteiger partial charge in [-0.25, -0.2) is 0 Å². The third kappa shape index (κ3) is 6.65. The minimum Gasteiger partial charge on any atom is -0.468 e. The number of carbonyl (C=O) groups excluding carboxylic acids is 2. The van der Waals surface area contributed by atoms with E-state index >= 15 is 0 Å². The molecule has 0 bridgehead atoms. The number of benzene rings is 1. The van der Waals surface area contributed by atoms with Crippen molar-refractivity contribution in [3.63, 3.8) is 0 Å². The Kier molecular flexibility index (Phi) is 8.73. The molecule has 0 aliphatic carbocycles. The average Bonchev–Trinajstić information content (AvgIpc) is 2.78. The van der Waals surface area contributed by atoms with Crippen LogP contribution in [0.5, 0.6) is 0 Å². The summed E-state index contributed by atoms with van der Waals surface area (Å²) in [5, 5.41) is 3.05. The molecule has 5 nitrogen and oxygen atoms in total. The standard InChI is InChI=1S/C25H25F3N2O3/c1-5-17(13-12-16(2)3)15-30-20-11-8-14-29-22(20)23(31)21(24(32)33-4)18-9-6-7-10-19(18)25(26,27)28/h5-14,21,30H,1,15H2,2-4H3. The van der Waals surface area contributed by atoms with Crippen LogP contribution in [0.3, 0.4) is 0 Å². The van der Waals surface area contributed by atoms with Crippen LogP contribution in [0.25, 0.3) is 0 Å². The molecule has 1 atom stereocenters. The van der Waals surface area contributed by atoms with E-state index in [0.717, 1.165) is 30.4 Å². The molecule has 0 aliphatic heterocycles. The summed E-state index contributed by atoms with van der Waals surface area (Å²) in [5.41, 5.74) is 0.411. The Morgan fingerprint density at radius 3 is 2.45 bits per heavy atom. The molecule has 0 radical (unpaired) electrons. The number of Topliss-reactive ketones (excluding diaryl/α,β-unsaturated/α-hetero) is 1. The van der Waals surface area contributed by atoms with Crippen LogP contribution in [-0.4, -0.2) is 30.4 Å². The van der Waals surface area contributed by atoms with Gasteiger partial charge in [0.1, 0.15) is 11.6 Å². The van der Waals surface area contributed by atoms with Crippen LogP contribution in [0.2, 0.25) is 0 Å². The summed E-state index contributed by atoms with van der Waals surface area (Å²) in [6.45, 7) is 7.91. The van der Waals surface area contributed by atoms with Gasteiger partial charge >= 0.3 is 12.1 Å². The molecule has 0 spiro atoms. The second-order valence-electron chi connectivity index (χ2n) is 7.35. The number of hydrogen-bond acceptors (Lipinski definition) is 5. The molecule has 174 valence electrons. The summed E-state index contributed by atoms with van der Waals surface area (Å²) >= 11 is 0. The first-order valence-electron chi connectivity index (χ1n) is 10.0. The van der Waals surface area contributed by atoms with Crippen molar-refractivity contribution in [3.8, 4) is 0 Å². The van der Waals surface area contributed by atoms with Gasteiger partial charge < -0.3 is 10.1 Å². The lowest BCUT2D eigenvalue weighted by molar-refractivity contribution is -0.142. The van der Waals surface area contributed by atoms with Crippen molar-refractivity contribution in [2.75, 3.05) is 19.0 Å². The maximum atomic E-state index is 13.6. The number of allylic oxidation sites excluding steroid dienone is 3. The highest BCUT2D eigenvalue weighted by Gasteiger charge is 2.41. The number of ketones is 1. The number of methoxy groups -OCH3 is 1. The summed E-state index contributed by atoms with van der Waals surface area (Å²) in [4.78, 5) is 29.9. The number of aromatic nitrogens is 1. The summed E-state index contributed by atoms with van der Waals surface area (Å²) in [6.07, 6.45) is 1.96. The molecule has 1 heterocycles. The molecule has 2 aromatic rings. The first kappa shape index (κ1) is 25.6. The number of nitrogens with zero attached hydrogens (tertiary/aromatic N) is 1. The normalized spacial score (nSPS) is 12.5. The van der Waals surface area contributed by atoms with Gasteiger partial charge in [-0.15, -0.1) is 0 Å². The average molecular weight is 458 g/mol. The van der Waals surface area contributed by atoms with E-state index in [1.165, 1.54) is 18.3 Å². The first-order chi connectivity index (χ1) is 15.6. The third-order valence-electron chi connectivity index (χ3n) is 4.69. The predicted molar refractivity (Wildman–Crippen MR) is 121 cm³/mol. The fourth-order valence-electron chi connectivity index (χ4n) is 3.05. The lowest BCUT2D eigenvalue weighted by atomic mass is 9.88. The highest BCUT2D eigenvalue weighted by Crippen LogP contribution is 2.37. The van der Waals surface area contributed by atoms with Gasteiger partial charge in [-0.05, 0) is 43.2 Å². The third-order valence-corrected chi connectivity index (χ3v) is 4.69. The van der Waals surface area contributed by atoms with Crippen molar-refractivity contribution in [1.29, 1.82) is 0 Å². The van der Waals surface area contributed by atoms with Gasteiger partial charge in [-0.1, -0.05) is 48.6 Å². The summed E-state index contributed by atoms with van der Waals surface area (Å²) in [6, 6.07) is 7.57. The zero-order valence-corrected chi connectivity index (χ0v) is 18.6. The number of nitrogens with one attached hydrogen (secondary N) is 1. The lowest BCUT2D eigenvalue weighted by Crippen LogP contribution is -2.27. The molecule has 1 N–H and O–H groups in total. The molecule has 33 heavy (non-hydrogen) atoms. The van der Waals surface area contributed by atoms with Gasteiger partial charge in [0, 0.05) is 12.7 Å². The van der Waals surface area contributed by atoms with Crippen LogP contribution in [0.4, 0.5) is 18.9 Å². The largest absolute Gasteiger partial charge is 0.468 e. The van der Waals surface area contributed by atoms with E-state index in [4.69, 9.17) is 0 Å². The number of halogens is 3. The fraction of sp³-hybridized carbons (Fsp3) is 0.240.